The third kappa shape index (κ3) is 4.55. The quantitative estimate of drug-likeness (QED) is 0.658. The van der Waals surface area contributed by atoms with Gasteiger partial charge in [-0.1, -0.05) is 29.8 Å². The number of benzene rings is 2. The second-order valence-corrected chi connectivity index (χ2v) is 6.17. The SMILES string of the molecule is Cn1nnnc1-c1cccc(NC(=O)C=Cc2ccc(Cl)c(C(F)(F)F)c2)c1. The summed E-state index contributed by atoms with van der Waals surface area (Å²) in [5.74, 6) is 0.0178. The number of anilines is 1. The summed E-state index contributed by atoms with van der Waals surface area (Å²) in [5, 5.41) is 13.4. The first-order chi connectivity index (χ1) is 13.2. The van der Waals surface area contributed by atoms with E-state index in [0.29, 0.717) is 17.1 Å². The Kier molecular flexibility index (Phi) is 5.46. The molecule has 6 nitrogen and oxygen atoms in total. The molecule has 0 saturated carbocycles. The number of nitrogens with one attached hydrogen (secondary N) is 1. The van der Waals surface area contributed by atoms with E-state index in [1.807, 2.05) is 0 Å². The van der Waals surface area contributed by atoms with Crippen molar-refractivity contribution in [1.82, 2.24) is 20.2 Å². The van der Waals surface area contributed by atoms with Crippen molar-refractivity contribution in [1.29, 1.82) is 0 Å². The number of carbonyl (C=O) groups is 1. The zero-order valence-corrected chi connectivity index (χ0v) is 15.2. The van der Waals surface area contributed by atoms with E-state index in [-0.39, 0.29) is 5.56 Å². The first-order valence-corrected chi connectivity index (χ1v) is 8.30. The van der Waals surface area contributed by atoms with Crippen LogP contribution in [0.1, 0.15) is 11.1 Å². The van der Waals surface area contributed by atoms with Crippen LogP contribution >= 0.6 is 11.6 Å². The molecule has 0 fully saturated rings. The number of aryl methyl sites for hydroxylation is 1. The summed E-state index contributed by atoms with van der Waals surface area (Å²) >= 11 is 5.58. The van der Waals surface area contributed by atoms with Crippen LogP contribution in [0.3, 0.4) is 0 Å². The van der Waals surface area contributed by atoms with Gasteiger partial charge in [0, 0.05) is 24.4 Å². The van der Waals surface area contributed by atoms with Gasteiger partial charge in [0.05, 0.1) is 10.6 Å². The van der Waals surface area contributed by atoms with Crippen molar-refractivity contribution < 1.29 is 18.0 Å². The highest BCUT2D eigenvalue weighted by molar-refractivity contribution is 6.31. The largest absolute Gasteiger partial charge is 0.417 e. The minimum Gasteiger partial charge on any atom is -0.322 e. The summed E-state index contributed by atoms with van der Waals surface area (Å²) in [4.78, 5) is 12.1. The zero-order chi connectivity index (χ0) is 20.3. The summed E-state index contributed by atoms with van der Waals surface area (Å²) in [5.41, 5.74) is 0.427. The van der Waals surface area contributed by atoms with Crippen molar-refractivity contribution in [2.75, 3.05) is 5.32 Å². The standard InChI is InChI=1S/C18H13ClF3N5O/c1-27-17(24-25-26-27)12-3-2-4-13(10-12)23-16(28)8-6-11-5-7-15(19)14(9-11)18(20,21)22/h2-10H,1H3,(H,23,28). The third-order valence-corrected chi connectivity index (χ3v) is 4.06. The summed E-state index contributed by atoms with van der Waals surface area (Å²) in [6.07, 6.45) is -2.16. The van der Waals surface area contributed by atoms with Gasteiger partial charge in [0.2, 0.25) is 5.91 Å². The lowest BCUT2D eigenvalue weighted by Crippen LogP contribution is -2.08. The van der Waals surface area contributed by atoms with E-state index in [9.17, 15) is 18.0 Å². The lowest BCUT2D eigenvalue weighted by atomic mass is 10.1. The fourth-order valence-electron chi connectivity index (χ4n) is 2.43. The monoisotopic (exact) mass is 407 g/mol. The van der Waals surface area contributed by atoms with Gasteiger partial charge in [-0.05, 0) is 46.3 Å². The molecule has 1 amide bonds. The first kappa shape index (κ1) is 19.6. The third-order valence-electron chi connectivity index (χ3n) is 3.73. The summed E-state index contributed by atoms with van der Waals surface area (Å²) in [6, 6.07) is 10.3. The maximum atomic E-state index is 12.9. The number of hydrogen-bond donors (Lipinski definition) is 1. The highest BCUT2D eigenvalue weighted by atomic mass is 35.5. The highest BCUT2D eigenvalue weighted by Gasteiger charge is 2.33. The van der Waals surface area contributed by atoms with E-state index < -0.39 is 22.7 Å². The minimum absolute atomic E-state index is 0.200. The van der Waals surface area contributed by atoms with Crippen LogP contribution in [0.15, 0.2) is 48.5 Å². The van der Waals surface area contributed by atoms with Crippen LogP contribution in [0.5, 0.6) is 0 Å². The Labute approximate surface area is 162 Å². The molecule has 0 atom stereocenters. The Hall–Kier alpha value is -3.20. The Morgan fingerprint density at radius 1 is 1.21 bits per heavy atom. The molecule has 0 bridgehead atoms. The number of halogens is 4. The summed E-state index contributed by atoms with van der Waals surface area (Å²) < 4.78 is 40.2. The lowest BCUT2D eigenvalue weighted by molar-refractivity contribution is -0.137. The molecule has 0 saturated heterocycles. The van der Waals surface area contributed by atoms with Crippen molar-refractivity contribution >= 4 is 29.3 Å². The molecule has 0 radical (unpaired) electrons. The van der Waals surface area contributed by atoms with Gasteiger partial charge in [-0.2, -0.15) is 13.2 Å². The number of tetrazole rings is 1. The van der Waals surface area contributed by atoms with Gasteiger partial charge >= 0.3 is 6.18 Å². The normalized spacial score (nSPS) is 11.8. The molecule has 2 aromatic carbocycles. The van der Waals surface area contributed by atoms with Crippen molar-refractivity contribution in [3.05, 3.63) is 64.7 Å². The van der Waals surface area contributed by atoms with E-state index in [1.165, 1.54) is 16.8 Å². The van der Waals surface area contributed by atoms with Gasteiger partial charge in [-0.25, -0.2) is 4.68 Å². The average Bonchev–Trinajstić information content (AvgIpc) is 3.06. The molecule has 3 rings (SSSR count). The fraction of sp³-hybridized carbons (Fsp3) is 0.111. The Morgan fingerprint density at radius 3 is 2.68 bits per heavy atom. The molecular formula is C18H13ClF3N5O. The van der Waals surface area contributed by atoms with Gasteiger partial charge in [-0.3, -0.25) is 4.79 Å². The van der Waals surface area contributed by atoms with Crippen molar-refractivity contribution in [3.63, 3.8) is 0 Å². The Morgan fingerprint density at radius 2 is 2.00 bits per heavy atom. The average molecular weight is 408 g/mol. The van der Waals surface area contributed by atoms with Gasteiger partial charge in [0.15, 0.2) is 5.82 Å². The van der Waals surface area contributed by atoms with Crippen LogP contribution in [0.4, 0.5) is 18.9 Å². The van der Waals surface area contributed by atoms with Gasteiger partial charge in [0.1, 0.15) is 0 Å². The predicted molar refractivity (Wildman–Crippen MR) is 98.4 cm³/mol. The number of alkyl halides is 3. The van der Waals surface area contributed by atoms with Crippen LogP contribution in [-0.2, 0) is 18.0 Å². The van der Waals surface area contributed by atoms with E-state index in [2.05, 4.69) is 20.8 Å². The molecule has 28 heavy (non-hydrogen) atoms. The number of amides is 1. The molecule has 0 unspecified atom stereocenters. The molecule has 0 spiro atoms. The molecule has 3 aromatic rings. The maximum absolute atomic E-state index is 12.9. The van der Waals surface area contributed by atoms with Crippen molar-refractivity contribution in [2.24, 2.45) is 7.05 Å². The van der Waals surface area contributed by atoms with E-state index >= 15 is 0 Å². The lowest BCUT2D eigenvalue weighted by Gasteiger charge is -2.09. The number of aromatic nitrogens is 4. The Balaban J connectivity index is 1.74. The summed E-state index contributed by atoms with van der Waals surface area (Å²) in [7, 11) is 1.69. The first-order valence-electron chi connectivity index (χ1n) is 7.92. The smallest absolute Gasteiger partial charge is 0.322 e. The minimum atomic E-state index is -4.57. The van der Waals surface area contributed by atoms with E-state index in [4.69, 9.17) is 11.6 Å². The summed E-state index contributed by atoms with van der Waals surface area (Å²) in [6.45, 7) is 0. The van der Waals surface area contributed by atoms with Gasteiger partial charge in [-0.15, -0.1) is 5.10 Å². The molecule has 144 valence electrons. The number of carbonyl (C=O) groups excluding carboxylic acids is 1. The topological polar surface area (TPSA) is 72.7 Å². The van der Waals surface area contributed by atoms with Gasteiger partial charge in [0.25, 0.3) is 0 Å². The second kappa shape index (κ2) is 7.81. The predicted octanol–water partition coefficient (Wildman–Crippen LogP) is 4.20. The van der Waals surface area contributed by atoms with Crippen LogP contribution in [0.2, 0.25) is 5.02 Å². The van der Waals surface area contributed by atoms with Crippen LogP contribution in [-0.4, -0.2) is 26.1 Å². The molecule has 0 aliphatic heterocycles. The molecule has 1 aromatic heterocycles. The number of hydrogen-bond acceptors (Lipinski definition) is 4. The Bertz CT molecular complexity index is 1050. The van der Waals surface area contributed by atoms with E-state index in [1.54, 1.807) is 31.3 Å². The second-order valence-electron chi connectivity index (χ2n) is 5.77. The van der Waals surface area contributed by atoms with E-state index in [0.717, 1.165) is 18.2 Å². The molecular weight excluding hydrogens is 395 g/mol. The van der Waals surface area contributed by atoms with Crippen molar-refractivity contribution in [2.45, 2.75) is 6.18 Å². The number of rotatable bonds is 4. The number of nitrogens with zero attached hydrogens (tertiary/aromatic N) is 4. The molecule has 0 aliphatic rings. The van der Waals surface area contributed by atoms with Crippen LogP contribution < -0.4 is 5.32 Å². The maximum Gasteiger partial charge on any atom is 0.417 e. The zero-order valence-electron chi connectivity index (χ0n) is 14.4. The molecule has 10 heteroatoms. The van der Waals surface area contributed by atoms with Crippen molar-refractivity contribution in [3.8, 4) is 11.4 Å². The van der Waals surface area contributed by atoms with Gasteiger partial charge < -0.3 is 5.32 Å². The fourth-order valence-corrected chi connectivity index (χ4v) is 2.65. The van der Waals surface area contributed by atoms with Crippen LogP contribution in [0, 0.1) is 0 Å². The van der Waals surface area contributed by atoms with Crippen LogP contribution in [0.25, 0.3) is 17.5 Å². The molecule has 1 N–H and O–H groups in total. The molecule has 0 aliphatic carbocycles. The molecule has 1 heterocycles. The highest BCUT2D eigenvalue weighted by Crippen LogP contribution is 2.35.